The fourth-order valence-corrected chi connectivity index (χ4v) is 3.34. The minimum atomic E-state index is -0.379. The molecular weight excluding hydrogens is 333 g/mol. The number of hydrogen-bond acceptors (Lipinski definition) is 4. The summed E-state index contributed by atoms with van der Waals surface area (Å²) >= 11 is 0. The third-order valence-electron chi connectivity index (χ3n) is 4.68. The molecule has 0 saturated heterocycles. The zero-order valence-corrected chi connectivity index (χ0v) is 14.1. The predicted molar refractivity (Wildman–Crippen MR) is 94.3 cm³/mol. The molecule has 0 radical (unpaired) electrons. The van der Waals surface area contributed by atoms with E-state index in [2.05, 4.69) is 11.1 Å². The first-order chi connectivity index (χ1) is 12.6. The van der Waals surface area contributed by atoms with Gasteiger partial charge in [-0.1, -0.05) is 24.3 Å². The molecule has 0 fully saturated rings. The number of carbonyl (C=O) groups excluding carboxylic acids is 1. The highest BCUT2D eigenvalue weighted by molar-refractivity contribution is 5.80. The number of amides is 1. The van der Waals surface area contributed by atoms with E-state index in [9.17, 15) is 9.18 Å². The highest BCUT2D eigenvalue weighted by Crippen LogP contribution is 2.26. The number of nitrogens with zero attached hydrogens (tertiary/aromatic N) is 2. The summed E-state index contributed by atoms with van der Waals surface area (Å²) in [5.74, 6) is -0.230. The zero-order chi connectivity index (χ0) is 18.1. The van der Waals surface area contributed by atoms with Crippen LogP contribution in [0.3, 0.4) is 0 Å². The second-order valence-corrected chi connectivity index (χ2v) is 6.45. The van der Waals surface area contributed by atoms with Crippen LogP contribution in [0.4, 0.5) is 4.39 Å². The van der Waals surface area contributed by atoms with Crippen molar-refractivity contribution in [2.75, 3.05) is 0 Å². The molecule has 2 N–H and O–H groups in total. The summed E-state index contributed by atoms with van der Waals surface area (Å²) in [7, 11) is 0. The summed E-state index contributed by atoms with van der Waals surface area (Å²) in [6.07, 6.45) is 2.16. The Labute approximate surface area is 150 Å². The monoisotopic (exact) mass is 351 g/mol. The average Bonchev–Trinajstić information content (AvgIpc) is 3.10. The van der Waals surface area contributed by atoms with E-state index >= 15 is 0 Å². The van der Waals surface area contributed by atoms with Crippen molar-refractivity contribution in [2.24, 2.45) is 5.73 Å². The van der Waals surface area contributed by atoms with E-state index in [0.29, 0.717) is 36.7 Å². The van der Waals surface area contributed by atoms with E-state index in [1.54, 1.807) is 18.4 Å². The van der Waals surface area contributed by atoms with Gasteiger partial charge in [0.1, 0.15) is 12.1 Å². The first-order valence-electron chi connectivity index (χ1n) is 8.40. The molecule has 6 heteroatoms. The average molecular weight is 351 g/mol. The molecular formula is C20H18FN3O2. The standard InChI is InChI=1S/C20H18FN3O2/c21-16-7-5-13(6-8-16)20-23-17(12-26-20)11-24-10-15-4-2-1-3-14(15)9-18(24)19(22)25/h1-8,12,18H,9-11H2,(H2,22,25)/t18-/m0/s1. The molecule has 4 rings (SSSR count). The number of primary amides is 1. The van der Waals surface area contributed by atoms with Crippen LogP contribution in [-0.4, -0.2) is 21.8 Å². The Morgan fingerprint density at radius 1 is 1.19 bits per heavy atom. The van der Waals surface area contributed by atoms with E-state index in [1.165, 1.54) is 17.7 Å². The number of aromatic nitrogens is 1. The Bertz CT molecular complexity index is 936. The smallest absolute Gasteiger partial charge is 0.235 e. The van der Waals surface area contributed by atoms with Crippen molar-refractivity contribution in [2.45, 2.75) is 25.6 Å². The van der Waals surface area contributed by atoms with Crippen LogP contribution in [0.1, 0.15) is 16.8 Å². The molecule has 2 heterocycles. The molecule has 5 nitrogen and oxygen atoms in total. The maximum Gasteiger partial charge on any atom is 0.235 e. The van der Waals surface area contributed by atoms with E-state index in [-0.39, 0.29) is 17.8 Å². The predicted octanol–water partition coefficient (Wildman–Crippen LogP) is 2.89. The maximum absolute atomic E-state index is 13.1. The second kappa shape index (κ2) is 6.72. The molecule has 1 aliphatic heterocycles. The van der Waals surface area contributed by atoms with Crippen LogP contribution in [0.15, 0.2) is 59.2 Å². The lowest BCUT2D eigenvalue weighted by Gasteiger charge is -2.34. The van der Waals surface area contributed by atoms with E-state index in [0.717, 1.165) is 5.56 Å². The van der Waals surface area contributed by atoms with Crippen LogP contribution in [0.25, 0.3) is 11.5 Å². The van der Waals surface area contributed by atoms with Crippen molar-refractivity contribution in [1.82, 2.24) is 9.88 Å². The van der Waals surface area contributed by atoms with Gasteiger partial charge in [-0.25, -0.2) is 9.37 Å². The molecule has 0 bridgehead atoms. The molecule has 1 atom stereocenters. The maximum atomic E-state index is 13.1. The van der Waals surface area contributed by atoms with Gasteiger partial charge < -0.3 is 10.2 Å². The molecule has 0 unspecified atom stereocenters. The van der Waals surface area contributed by atoms with Crippen molar-refractivity contribution in [3.63, 3.8) is 0 Å². The lowest BCUT2D eigenvalue weighted by Crippen LogP contribution is -2.48. The van der Waals surface area contributed by atoms with Crippen molar-refractivity contribution in [3.8, 4) is 11.5 Å². The molecule has 3 aromatic rings. The normalized spacial score (nSPS) is 17.0. The van der Waals surface area contributed by atoms with Crippen LogP contribution in [0, 0.1) is 5.82 Å². The number of carbonyl (C=O) groups is 1. The van der Waals surface area contributed by atoms with Gasteiger partial charge in [0.15, 0.2) is 0 Å². The van der Waals surface area contributed by atoms with Gasteiger partial charge in [0.05, 0.1) is 11.7 Å². The summed E-state index contributed by atoms with van der Waals surface area (Å²) in [5.41, 5.74) is 9.36. The van der Waals surface area contributed by atoms with Gasteiger partial charge in [-0.3, -0.25) is 9.69 Å². The van der Waals surface area contributed by atoms with E-state index < -0.39 is 0 Å². The first kappa shape index (κ1) is 16.5. The van der Waals surface area contributed by atoms with Gasteiger partial charge in [0, 0.05) is 18.7 Å². The second-order valence-electron chi connectivity index (χ2n) is 6.45. The van der Waals surface area contributed by atoms with E-state index in [1.807, 2.05) is 23.1 Å². The zero-order valence-electron chi connectivity index (χ0n) is 14.1. The number of rotatable bonds is 4. The quantitative estimate of drug-likeness (QED) is 0.784. The first-order valence-corrected chi connectivity index (χ1v) is 8.40. The molecule has 0 saturated carbocycles. The van der Waals surface area contributed by atoms with Gasteiger partial charge in [0.25, 0.3) is 0 Å². The van der Waals surface area contributed by atoms with Crippen molar-refractivity contribution in [3.05, 3.63) is 77.4 Å². The van der Waals surface area contributed by atoms with Crippen molar-refractivity contribution in [1.29, 1.82) is 0 Å². The van der Waals surface area contributed by atoms with Crippen molar-refractivity contribution >= 4 is 5.91 Å². The Morgan fingerprint density at radius 3 is 2.65 bits per heavy atom. The van der Waals surface area contributed by atoms with Crippen LogP contribution < -0.4 is 5.73 Å². The van der Waals surface area contributed by atoms with E-state index in [4.69, 9.17) is 10.2 Å². The Kier molecular flexibility index (Phi) is 4.26. The summed E-state index contributed by atoms with van der Waals surface area (Å²) < 4.78 is 18.6. The molecule has 26 heavy (non-hydrogen) atoms. The van der Waals surface area contributed by atoms with Gasteiger partial charge in [-0.2, -0.15) is 0 Å². The van der Waals surface area contributed by atoms with Gasteiger partial charge in [0.2, 0.25) is 11.8 Å². The van der Waals surface area contributed by atoms with Crippen LogP contribution in [0.5, 0.6) is 0 Å². The largest absolute Gasteiger partial charge is 0.444 e. The lowest BCUT2D eigenvalue weighted by atomic mass is 9.93. The molecule has 2 aromatic carbocycles. The topological polar surface area (TPSA) is 72.4 Å². The fourth-order valence-electron chi connectivity index (χ4n) is 3.34. The molecule has 1 amide bonds. The lowest BCUT2D eigenvalue weighted by molar-refractivity contribution is -0.124. The Morgan fingerprint density at radius 2 is 1.92 bits per heavy atom. The minimum Gasteiger partial charge on any atom is -0.444 e. The van der Waals surface area contributed by atoms with Crippen LogP contribution in [-0.2, 0) is 24.3 Å². The third-order valence-corrected chi connectivity index (χ3v) is 4.68. The molecule has 0 spiro atoms. The van der Waals surface area contributed by atoms with Crippen LogP contribution in [0.2, 0.25) is 0 Å². The molecule has 1 aromatic heterocycles. The number of benzene rings is 2. The van der Waals surface area contributed by atoms with Gasteiger partial charge >= 0.3 is 0 Å². The number of oxazole rings is 1. The van der Waals surface area contributed by atoms with Gasteiger partial charge in [-0.05, 0) is 41.8 Å². The number of hydrogen-bond donors (Lipinski definition) is 1. The van der Waals surface area contributed by atoms with Crippen LogP contribution >= 0.6 is 0 Å². The number of halogens is 1. The highest BCUT2D eigenvalue weighted by atomic mass is 19.1. The molecule has 132 valence electrons. The molecule has 1 aliphatic rings. The Balaban J connectivity index is 1.56. The van der Waals surface area contributed by atoms with Crippen molar-refractivity contribution < 1.29 is 13.6 Å². The number of nitrogens with two attached hydrogens (primary N) is 1. The van der Waals surface area contributed by atoms with Gasteiger partial charge in [-0.15, -0.1) is 0 Å². The minimum absolute atomic E-state index is 0.309. The third kappa shape index (κ3) is 3.23. The number of fused-ring (bicyclic) bond motifs is 1. The Hall–Kier alpha value is -2.99. The summed E-state index contributed by atoms with van der Waals surface area (Å²) in [6, 6.07) is 13.6. The summed E-state index contributed by atoms with van der Waals surface area (Å²) in [4.78, 5) is 18.4. The fraction of sp³-hybridized carbons (Fsp3) is 0.200. The summed E-state index contributed by atoms with van der Waals surface area (Å²) in [5, 5.41) is 0. The SMILES string of the molecule is NC(=O)[C@@H]1Cc2ccccc2CN1Cc1coc(-c2ccc(F)cc2)n1. The highest BCUT2D eigenvalue weighted by Gasteiger charge is 2.30. The molecule has 0 aliphatic carbocycles. The summed E-state index contributed by atoms with van der Waals surface area (Å²) in [6.45, 7) is 1.08.